The second kappa shape index (κ2) is 6.29. The van der Waals surface area contributed by atoms with Crippen molar-refractivity contribution in [1.82, 2.24) is 5.32 Å². The number of halogens is 1. The number of hydrogen-bond acceptors (Lipinski definition) is 4. The molecule has 0 radical (unpaired) electrons. The summed E-state index contributed by atoms with van der Waals surface area (Å²) in [5.41, 5.74) is 3.61. The molecule has 0 unspecified atom stereocenters. The van der Waals surface area contributed by atoms with Crippen molar-refractivity contribution < 1.29 is 8.42 Å². The predicted molar refractivity (Wildman–Crippen MR) is 104 cm³/mol. The van der Waals surface area contributed by atoms with E-state index in [9.17, 15) is 8.42 Å². The largest absolute Gasteiger partial charge is 0.312 e. The van der Waals surface area contributed by atoms with Crippen LogP contribution in [-0.2, 0) is 23.0 Å². The zero-order valence-electron chi connectivity index (χ0n) is 13.6. The van der Waals surface area contributed by atoms with Crippen LogP contribution in [0.15, 0.2) is 40.6 Å². The molecule has 0 fully saturated rings. The fraction of sp³-hybridized carbons (Fsp3) is 0.222. The van der Waals surface area contributed by atoms with E-state index in [-0.39, 0.29) is 0 Å². The Morgan fingerprint density at radius 2 is 2.08 bits per heavy atom. The van der Waals surface area contributed by atoms with Crippen molar-refractivity contribution >= 4 is 48.7 Å². The van der Waals surface area contributed by atoms with Crippen LogP contribution in [0, 0.1) is 6.92 Å². The molecule has 0 saturated carbocycles. The molecule has 4 nitrogen and oxygen atoms in total. The molecule has 1 aromatic heterocycles. The summed E-state index contributed by atoms with van der Waals surface area (Å²) in [4.78, 5) is 0. The van der Waals surface area contributed by atoms with Crippen molar-refractivity contribution in [1.29, 1.82) is 0 Å². The lowest BCUT2D eigenvalue weighted by Gasteiger charge is -2.20. The van der Waals surface area contributed by atoms with Crippen LogP contribution in [0.2, 0.25) is 5.02 Å². The number of nitrogens with one attached hydrogen (secondary N) is 2. The average molecular weight is 393 g/mol. The average Bonchev–Trinajstić information content (AvgIpc) is 2.92. The Kier molecular flexibility index (Phi) is 4.24. The third kappa shape index (κ3) is 3.04. The molecule has 0 saturated heterocycles. The Hall–Kier alpha value is -1.60. The van der Waals surface area contributed by atoms with Gasteiger partial charge >= 0.3 is 0 Å². The van der Waals surface area contributed by atoms with E-state index in [0.717, 1.165) is 34.2 Å². The van der Waals surface area contributed by atoms with Gasteiger partial charge in [0.2, 0.25) is 0 Å². The van der Waals surface area contributed by atoms with Crippen LogP contribution < -0.4 is 10.0 Å². The highest BCUT2D eigenvalue weighted by Crippen LogP contribution is 2.37. The van der Waals surface area contributed by atoms with E-state index in [2.05, 4.69) is 16.1 Å². The number of rotatable bonds is 3. The molecule has 0 atom stereocenters. The maximum absolute atomic E-state index is 13.0. The summed E-state index contributed by atoms with van der Waals surface area (Å²) < 4.78 is 30.1. The van der Waals surface area contributed by atoms with Crippen molar-refractivity contribution in [3.05, 3.63) is 58.1 Å². The Morgan fingerprint density at radius 3 is 2.92 bits per heavy atom. The number of sulfonamides is 1. The van der Waals surface area contributed by atoms with Gasteiger partial charge in [0.25, 0.3) is 10.0 Å². The van der Waals surface area contributed by atoms with Gasteiger partial charge in [-0.15, -0.1) is 11.3 Å². The first-order valence-electron chi connectivity index (χ1n) is 7.99. The van der Waals surface area contributed by atoms with Crippen LogP contribution in [0.4, 0.5) is 5.69 Å². The van der Waals surface area contributed by atoms with Gasteiger partial charge in [-0.2, -0.15) is 0 Å². The minimum Gasteiger partial charge on any atom is -0.312 e. The van der Waals surface area contributed by atoms with Crippen molar-refractivity contribution in [2.75, 3.05) is 11.3 Å². The highest BCUT2D eigenvalue weighted by atomic mass is 35.5. The molecule has 0 amide bonds. The van der Waals surface area contributed by atoms with E-state index < -0.39 is 10.0 Å². The molecule has 2 N–H and O–H groups in total. The minimum atomic E-state index is -3.65. The fourth-order valence-corrected chi connectivity index (χ4v) is 6.24. The summed E-state index contributed by atoms with van der Waals surface area (Å²) in [5.74, 6) is 0. The zero-order chi connectivity index (χ0) is 17.6. The molecule has 1 aliphatic heterocycles. The van der Waals surface area contributed by atoms with Crippen LogP contribution in [0.25, 0.3) is 10.1 Å². The normalized spacial score (nSPS) is 14.5. The Balaban J connectivity index is 1.77. The summed E-state index contributed by atoms with van der Waals surface area (Å²) in [7, 11) is -3.65. The molecule has 0 spiro atoms. The van der Waals surface area contributed by atoms with E-state index in [4.69, 9.17) is 11.6 Å². The summed E-state index contributed by atoms with van der Waals surface area (Å²) in [6, 6.07) is 11.2. The van der Waals surface area contributed by atoms with Gasteiger partial charge in [0.05, 0.1) is 5.69 Å². The second-order valence-electron chi connectivity index (χ2n) is 6.13. The minimum absolute atomic E-state index is 0.339. The van der Waals surface area contributed by atoms with Crippen LogP contribution in [0.1, 0.15) is 16.7 Å². The molecule has 2 aromatic carbocycles. The van der Waals surface area contributed by atoms with Crippen LogP contribution in [-0.4, -0.2) is 15.0 Å². The first-order valence-corrected chi connectivity index (χ1v) is 10.7. The van der Waals surface area contributed by atoms with Gasteiger partial charge in [-0.05, 0) is 66.2 Å². The molecule has 1 aliphatic rings. The first kappa shape index (κ1) is 16.8. The van der Waals surface area contributed by atoms with E-state index in [1.807, 2.05) is 31.2 Å². The van der Waals surface area contributed by atoms with Crippen molar-refractivity contribution in [2.45, 2.75) is 24.1 Å². The topological polar surface area (TPSA) is 58.2 Å². The standard InChI is InChI=1S/C18H17ClN2O2S2/c1-11-14-9-13(19)5-6-17(14)24-18(11)25(22,23)21-16-4-2-3-12-7-8-20-10-15(12)16/h2-6,9,20-21H,7-8,10H2,1H3. The Bertz CT molecular complexity index is 1070. The predicted octanol–water partition coefficient (Wildman–Crippen LogP) is 4.31. The van der Waals surface area contributed by atoms with Gasteiger partial charge < -0.3 is 5.32 Å². The number of aryl methyl sites for hydroxylation is 1. The molecule has 3 aromatic rings. The van der Waals surface area contributed by atoms with Crippen LogP contribution >= 0.6 is 22.9 Å². The number of anilines is 1. The SMILES string of the molecule is Cc1c(S(=O)(=O)Nc2cccc3c2CNCC3)sc2ccc(Cl)cc12. The quantitative estimate of drug-likeness (QED) is 0.698. The smallest absolute Gasteiger partial charge is 0.271 e. The van der Waals surface area contributed by atoms with Gasteiger partial charge in [-0.1, -0.05) is 23.7 Å². The first-order chi connectivity index (χ1) is 12.0. The fourth-order valence-electron chi connectivity index (χ4n) is 3.23. The van der Waals surface area contributed by atoms with Gasteiger partial charge in [-0.25, -0.2) is 8.42 Å². The lowest BCUT2D eigenvalue weighted by Crippen LogP contribution is -2.25. The van der Waals surface area contributed by atoms with E-state index >= 15 is 0 Å². The third-order valence-corrected chi connectivity index (χ3v) is 7.98. The van der Waals surface area contributed by atoms with Gasteiger partial charge in [0, 0.05) is 16.3 Å². The lowest BCUT2D eigenvalue weighted by atomic mass is 10.00. The van der Waals surface area contributed by atoms with E-state index in [1.165, 1.54) is 16.9 Å². The van der Waals surface area contributed by atoms with Crippen LogP contribution in [0.5, 0.6) is 0 Å². The molecular weight excluding hydrogens is 376 g/mol. The van der Waals surface area contributed by atoms with Gasteiger partial charge in [0.1, 0.15) is 4.21 Å². The molecule has 2 heterocycles. The number of thiophene rings is 1. The lowest BCUT2D eigenvalue weighted by molar-refractivity contribution is 0.602. The molecule has 0 bridgehead atoms. The molecule has 7 heteroatoms. The number of hydrogen-bond donors (Lipinski definition) is 2. The number of fused-ring (bicyclic) bond motifs is 2. The Labute approximate surface area is 155 Å². The van der Waals surface area contributed by atoms with Crippen molar-refractivity contribution in [2.24, 2.45) is 0 Å². The molecule has 4 rings (SSSR count). The maximum atomic E-state index is 13.0. The van der Waals surface area contributed by atoms with Gasteiger partial charge in [0.15, 0.2) is 0 Å². The summed E-state index contributed by atoms with van der Waals surface area (Å²) in [6.45, 7) is 3.42. The van der Waals surface area contributed by atoms with Crippen molar-refractivity contribution in [3.8, 4) is 0 Å². The van der Waals surface area contributed by atoms with Gasteiger partial charge in [-0.3, -0.25) is 4.72 Å². The van der Waals surface area contributed by atoms with E-state index in [1.54, 1.807) is 6.07 Å². The van der Waals surface area contributed by atoms with Crippen molar-refractivity contribution in [3.63, 3.8) is 0 Å². The zero-order valence-corrected chi connectivity index (χ0v) is 16.0. The molecule has 130 valence electrons. The monoisotopic (exact) mass is 392 g/mol. The second-order valence-corrected chi connectivity index (χ2v) is 9.50. The number of benzene rings is 2. The third-order valence-electron chi connectivity index (χ3n) is 4.49. The molecular formula is C18H17ClN2O2S2. The highest BCUT2D eigenvalue weighted by molar-refractivity contribution is 7.94. The summed E-state index contributed by atoms with van der Waals surface area (Å²) in [5, 5.41) is 4.79. The summed E-state index contributed by atoms with van der Waals surface area (Å²) >= 11 is 7.33. The molecule has 0 aliphatic carbocycles. The van der Waals surface area contributed by atoms with E-state index in [0.29, 0.717) is 21.5 Å². The summed E-state index contributed by atoms with van der Waals surface area (Å²) in [6.07, 6.45) is 0.908. The maximum Gasteiger partial charge on any atom is 0.271 e. The van der Waals surface area contributed by atoms with Crippen LogP contribution in [0.3, 0.4) is 0 Å². The highest BCUT2D eigenvalue weighted by Gasteiger charge is 2.24. The molecule has 25 heavy (non-hydrogen) atoms. The Morgan fingerprint density at radius 1 is 1.24 bits per heavy atom.